The van der Waals surface area contributed by atoms with Gasteiger partial charge in [0.2, 0.25) is 11.8 Å². The van der Waals surface area contributed by atoms with Crippen LogP contribution in [0.5, 0.6) is 0 Å². The third kappa shape index (κ3) is 6.05. The predicted molar refractivity (Wildman–Crippen MR) is 85.6 cm³/mol. The van der Waals surface area contributed by atoms with Crippen LogP contribution in [0, 0.1) is 0 Å². The van der Waals surface area contributed by atoms with Crippen LogP contribution in [0.2, 0.25) is 0 Å². The summed E-state index contributed by atoms with van der Waals surface area (Å²) in [6, 6.07) is 6.86. The molecule has 0 spiro atoms. The number of benzene rings is 1. The fraction of sp³-hybridized carbons (Fsp3) is 0.438. The number of Topliss-reactive ketones (excluding diaryl/α,β-unsaturated/α-hetero) is 1. The average Bonchev–Trinajstić information content (AvgIpc) is 2.43. The highest BCUT2D eigenvalue weighted by atomic mass is 16.2. The van der Waals surface area contributed by atoms with Crippen LogP contribution in [0.25, 0.3) is 0 Å². The maximum atomic E-state index is 11.9. The monoisotopic (exact) mass is 305 g/mol. The molecule has 0 aliphatic carbocycles. The highest BCUT2D eigenvalue weighted by molar-refractivity contribution is 5.95. The van der Waals surface area contributed by atoms with E-state index in [1.54, 1.807) is 24.3 Å². The minimum absolute atomic E-state index is 0.0168. The first-order valence-corrected chi connectivity index (χ1v) is 7.22. The Morgan fingerprint density at radius 3 is 2.23 bits per heavy atom. The van der Waals surface area contributed by atoms with E-state index < -0.39 is 5.91 Å². The number of nitrogens with zero attached hydrogens (tertiary/aromatic N) is 1. The fourth-order valence-electron chi connectivity index (χ4n) is 1.98. The normalized spacial score (nSPS) is 10.8. The van der Waals surface area contributed by atoms with Crippen molar-refractivity contribution in [2.24, 2.45) is 5.73 Å². The van der Waals surface area contributed by atoms with Gasteiger partial charge in [-0.2, -0.15) is 0 Å². The lowest BCUT2D eigenvalue weighted by Gasteiger charge is -2.24. The largest absolute Gasteiger partial charge is 0.369 e. The minimum Gasteiger partial charge on any atom is -0.369 e. The van der Waals surface area contributed by atoms with Crippen molar-refractivity contribution < 1.29 is 14.4 Å². The molecule has 0 aromatic heterocycles. The highest BCUT2D eigenvalue weighted by Gasteiger charge is 2.14. The third-order valence-corrected chi connectivity index (χ3v) is 3.29. The van der Waals surface area contributed by atoms with Gasteiger partial charge in [-0.25, -0.2) is 0 Å². The molecule has 22 heavy (non-hydrogen) atoms. The van der Waals surface area contributed by atoms with Crippen LogP contribution < -0.4 is 11.1 Å². The van der Waals surface area contributed by atoms with Gasteiger partial charge < -0.3 is 11.1 Å². The molecule has 1 aromatic carbocycles. The summed E-state index contributed by atoms with van der Waals surface area (Å²) in [6.07, 6.45) is 0.264. The van der Waals surface area contributed by atoms with Gasteiger partial charge >= 0.3 is 0 Å². The van der Waals surface area contributed by atoms with Crippen LogP contribution in [0.3, 0.4) is 0 Å². The van der Waals surface area contributed by atoms with Crippen LogP contribution in [0.1, 0.15) is 37.6 Å². The van der Waals surface area contributed by atoms with Gasteiger partial charge in [-0.3, -0.25) is 19.3 Å². The fourth-order valence-corrected chi connectivity index (χ4v) is 1.98. The van der Waals surface area contributed by atoms with E-state index in [2.05, 4.69) is 5.32 Å². The van der Waals surface area contributed by atoms with Gasteiger partial charge in [-0.1, -0.05) is 0 Å². The molecule has 0 saturated carbocycles. The van der Waals surface area contributed by atoms with E-state index in [0.717, 1.165) is 0 Å². The second-order valence-corrected chi connectivity index (χ2v) is 5.46. The van der Waals surface area contributed by atoms with E-state index in [1.807, 2.05) is 18.7 Å². The summed E-state index contributed by atoms with van der Waals surface area (Å²) in [5, 5.41) is 2.76. The zero-order chi connectivity index (χ0) is 16.7. The van der Waals surface area contributed by atoms with Crippen LogP contribution in [0.15, 0.2) is 24.3 Å². The van der Waals surface area contributed by atoms with Crippen molar-refractivity contribution in [3.8, 4) is 0 Å². The number of rotatable bonds is 8. The van der Waals surface area contributed by atoms with E-state index in [0.29, 0.717) is 17.8 Å². The van der Waals surface area contributed by atoms with Crippen LogP contribution >= 0.6 is 0 Å². The first-order chi connectivity index (χ1) is 10.3. The Hall–Kier alpha value is -2.21. The topological polar surface area (TPSA) is 92.5 Å². The zero-order valence-electron chi connectivity index (χ0n) is 13.3. The summed E-state index contributed by atoms with van der Waals surface area (Å²) in [5.74, 6) is -0.573. The van der Waals surface area contributed by atoms with Crippen molar-refractivity contribution in [1.29, 1.82) is 0 Å². The molecule has 0 aliphatic heterocycles. The smallest absolute Gasteiger partial charge is 0.231 e. The maximum Gasteiger partial charge on any atom is 0.231 e. The Morgan fingerprint density at radius 1 is 1.18 bits per heavy atom. The number of primary amides is 1. The van der Waals surface area contributed by atoms with Gasteiger partial charge in [0.05, 0.1) is 6.54 Å². The Bertz CT molecular complexity index is 538. The standard InChI is InChI=1S/C16H23N3O3/c1-11(2)19(10-15(17)21)9-8-16(22)18-14-6-4-13(5-7-14)12(3)20/h4-7,11H,8-10H2,1-3H3,(H2,17,21)(H,18,22). The third-order valence-electron chi connectivity index (χ3n) is 3.29. The molecule has 0 bridgehead atoms. The van der Waals surface area contributed by atoms with Crippen molar-refractivity contribution in [3.05, 3.63) is 29.8 Å². The Morgan fingerprint density at radius 2 is 1.77 bits per heavy atom. The number of carbonyl (C=O) groups excluding carboxylic acids is 3. The molecule has 0 saturated heterocycles. The molecule has 2 amide bonds. The minimum atomic E-state index is -0.408. The van der Waals surface area contributed by atoms with Gasteiger partial charge in [0.1, 0.15) is 0 Å². The average molecular weight is 305 g/mol. The number of hydrogen-bond acceptors (Lipinski definition) is 4. The van der Waals surface area contributed by atoms with E-state index in [9.17, 15) is 14.4 Å². The molecule has 0 aliphatic rings. The Labute approximate surface area is 130 Å². The van der Waals surface area contributed by atoms with E-state index in [-0.39, 0.29) is 30.7 Å². The van der Waals surface area contributed by atoms with E-state index in [1.165, 1.54) is 6.92 Å². The second kappa shape index (κ2) is 8.29. The van der Waals surface area contributed by atoms with Crippen LogP contribution in [0.4, 0.5) is 5.69 Å². The summed E-state index contributed by atoms with van der Waals surface area (Å²) >= 11 is 0. The lowest BCUT2D eigenvalue weighted by atomic mass is 10.1. The van der Waals surface area contributed by atoms with Gasteiger partial charge in [0.25, 0.3) is 0 Å². The number of ketones is 1. The molecule has 0 fully saturated rings. The second-order valence-electron chi connectivity index (χ2n) is 5.46. The molecule has 0 atom stereocenters. The molecule has 3 N–H and O–H groups in total. The molecule has 1 aromatic rings. The van der Waals surface area contributed by atoms with Gasteiger partial charge in [0, 0.05) is 30.3 Å². The molecular weight excluding hydrogens is 282 g/mol. The van der Waals surface area contributed by atoms with Crippen molar-refractivity contribution in [2.45, 2.75) is 33.2 Å². The van der Waals surface area contributed by atoms with E-state index >= 15 is 0 Å². The van der Waals surface area contributed by atoms with Crippen molar-refractivity contribution in [3.63, 3.8) is 0 Å². The lowest BCUT2D eigenvalue weighted by Crippen LogP contribution is -2.40. The first kappa shape index (κ1) is 17.8. The van der Waals surface area contributed by atoms with Crippen molar-refractivity contribution >= 4 is 23.3 Å². The SMILES string of the molecule is CC(=O)c1ccc(NC(=O)CCN(CC(N)=O)C(C)C)cc1. The highest BCUT2D eigenvalue weighted by Crippen LogP contribution is 2.10. The Balaban J connectivity index is 2.51. The quantitative estimate of drug-likeness (QED) is 0.710. The van der Waals surface area contributed by atoms with Crippen LogP contribution in [-0.4, -0.2) is 41.6 Å². The van der Waals surface area contributed by atoms with Gasteiger partial charge in [-0.05, 0) is 45.0 Å². The molecule has 0 radical (unpaired) electrons. The summed E-state index contributed by atoms with van der Waals surface area (Å²) in [7, 11) is 0. The molecule has 6 nitrogen and oxygen atoms in total. The maximum absolute atomic E-state index is 11.9. The van der Waals surface area contributed by atoms with Gasteiger partial charge in [0.15, 0.2) is 5.78 Å². The summed E-state index contributed by atoms with van der Waals surface area (Å²) in [5.41, 5.74) is 6.43. The molecular formula is C16H23N3O3. The molecule has 1 rings (SSSR count). The summed E-state index contributed by atoms with van der Waals surface area (Å²) in [4.78, 5) is 35.9. The van der Waals surface area contributed by atoms with E-state index in [4.69, 9.17) is 5.73 Å². The molecule has 120 valence electrons. The number of amides is 2. The number of carbonyl (C=O) groups is 3. The zero-order valence-corrected chi connectivity index (χ0v) is 13.3. The van der Waals surface area contributed by atoms with Crippen molar-refractivity contribution in [2.75, 3.05) is 18.4 Å². The number of anilines is 1. The molecule has 0 heterocycles. The van der Waals surface area contributed by atoms with Gasteiger partial charge in [-0.15, -0.1) is 0 Å². The number of nitrogens with one attached hydrogen (secondary N) is 1. The summed E-state index contributed by atoms with van der Waals surface area (Å²) < 4.78 is 0. The number of nitrogens with two attached hydrogens (primary N) is 1. The van der Waals surface area contributed by atoms with Crippen LogP contribution in [-0.2, 0) is 9.59 Å². The molecule has 6 heteroatoms. The summed E-state index contributed by atoms with van der Waals surface area (Å²) in [6.45, 7) is 5.98. The number of hydrogen-bond donors (Lipinski definition) is 2. The van der Waals surface area contributed by atoms with Crippen molar-refractivity contribution in [1.82, 2.24) is 4.90 Å². The molecule has 0 unspecified atom stereocenters. The Kier molecular flexibility index (Phi) is 6.72. The lowest BCUT2D eigenvalue weighted by molar-refractivity contribution is -0.121. The first-order valence-electron chi connectivity index (χ1n) is 7.22. The predicted octanol–water partition coefficient (Wildman–Crippen LogP) is 1.41.